The van der Waals surface area contributed by atoms with E-state index in [1.165, 1.54) is 0 Å². The van der Waals surface area contributed by atoms with E-state index in [0.717, 1.165) is 23.8 Å². The van der Waals surface area contributed by atoms with Gasteiger partial charge in [-0.15, -0.1) is 0 Å². The van der Waals surface area contributed by atoms with Crippen molar-refractivity contribution in [1.82, 2.24) is 0 Å². The predicted molar refractivity (Wildman–Crippen MR) is 102 cm³/mol. The number of rotatable bonds is 3. The molecule has 2 aromatic carbocycles. The van der Waals surface area contributed by atoms with E-state index >= 15 is 0 Å². The van der Waals surface area contributed by atoms with Crippen LogP contribution in [0.5, 0.6) is 17.2 Å². The van der Waals surface area contributed by atoms with E-state index in [1.807, 2.05) is 19.1 Å². The Morgan fingerprint density at radius 2 is 1.82 bits per heavy atom. The number of benzene rings is 2. The Balaban J connectivity index is 1.56. The lowest BCUT2D eigenvalue weighted by molar-refractivity contribution is -0.135. The molecule has 0 unspecified atom stereocenters. The van der Waals surface area contributed by atoms with Crippen LogP contribution in [0.25, 0.3) is 22.1 Å². The fourth-order valence-corrected chi connectivity index (χ4v) is 3.45. The van der Waals surface area contributed by atoms with E-state index in [0.29, 0.717) is 47.2 Å². The van der Waals surface area contributed by atoms with Gasteiger partial charge in [-0.05, 0) is 55.2 Å². The Morgan fingerprint density at radius 3 is 2.61 bits per heavy atom. The molecule has 5 rings (SSSR count). The molecule has 6 heteroatoms. The number of aryl methyl sites for hydroxylation is 1. The van der Waals surface area contributed by atoms with Crippen molar-refractivity contribution >= 4 is 16.9 Å². The maximum Gasteiger partial charge on any atom is 0.344 e. The van der Waals surface area contributed by atoms with E-state index < -0.39 is 5.63 Å². The third-order valence-electron chi connectivity index (χ3n) is 5.10. The summed E-state index contributed by atoms with van der Waals surface area (Å²) in [6.45, 7) is 2.86. The van der Waals surface area contributed by atoms with Crippen LogP contribution in [0.4, 0.5) is 0 Å². The molecule has 0 saturated heterocycles. The molecule has 0 N–H and O–H groups in total. The van der Waals surface area contributed by atoms with E-state index in [2.05, 4.69) is 0 Å². The minimum absolute atomic E-state index is 0.00187. The van der Waals surface area contributed by atoms with Gasteiger partial charge in [0.1, 0.15) is 24.5 Å². The van der Waals surface area contributed by atoms with Gasteiger partial charge in [-0.3, -0.25) is 4.79 Å². The van der Waals surface area contributed by atoms with Gasteiger partial charge in [0.2, 0.25) is 0 Å². The first-order chi connectivity index (χ1) is 13.6. The largest absolute Gasteiger partial charge is 0.486 e. The molecule has 0 radical (unpaired) electrons. The van der Waals surface area contributed by atoms with Crippen LogP contribution in [0.2, 0.25) is 0 Å². The van der Waals surface area contributed by atoms with Gasteiger partial charge in [0.15, 0.2) is 11.5 Å². The van der Waals surface area contributed by atoms with E-state index in [1.54, 1.807) is 24.3 Å². The van der Waals surface area contributed by atoms with Crippen molar-refractivity contribution in [2.24, 2.45) is 5.92 Å². The van der Waals surface area contributed by atoms with E-state index in [9.17, 15) is 9.59 Å². The SMILES string of the molecule is Cc1c(-c2ccc3c(c2)OCCO3)c(=O)oc2cc(OC(=O)C3CC3)ccc12. The summed E-state index contributed by atoms with van der Waals surface area (Å²) >= 11 is 0. The van der Waals surface area contributed by atoms with Crippen LogP contribution in [0, 0.1) is 12.8 Å². The van der Waals surface area contributed by atoms with Crippen LogP contribution in [-0.2, 0) is 4.79 Å². The highest BCUT2D eigenvalue weighted by atomic mass is 16.6. The number of esters is 1. The second-order valence-electron chi connectivity index (χ2n) is 7.10. The summed E-state index contributed by atoms with van der Waals surface area (Å²) in [6.07, 6.45) is 1.75. The molecule has 0 bridgehead atoms. The average molecular weight is 378 g/mol. The molecule has 142 valence electrons. The molecule has 1 fully saturated rings. The molecular weight excluding hydrogens is 360 g/mol. The molecule has 1 aliphatic heterocycles. The van der Waals surface area contributed by atoms with Crippen molar-refractivity contribution < 1.29 is 23.4 Å². The first kappa shape index (κ1) is 16.9. The molecule has 2 aliphatic rings. The Morgan fingerprint density at radius 1 is 1.04 bits per heavy atom. The van der Waals surface area contributed by atoms with Crippen molar-refractivity contribution in [1.29, 1.82) is 0 Å². The van der Waals surface area contributed by atoms with Crippen LogP contribution < -0.4 is 19.8 Å². The van der Waals surface area contributed by atoms with Gasteiger partial charge in [0.05, 0.1) is 11.5 Å². The summed E-state index contributed by atoms with van der Waals surface area (Å²) in [4.78, 5) is 24.6. The average Bonchev–Trinajstić information content (AvgIpc) is 3.53. The zero-order valence-electron chi connectivity index (χ0n) is 15.3. The van der Waals surface area contributed by atoms with Gasteiger partial charge in [-0.1, -0.05) is 6.07 Å². The Bertz CT molecular complexity index is 1160. The summed E-state index contributed by atoms with van der Waals surface area (Å²) in [5.41, 5.74) is 1.93. The Kier molecular flexibility index (Phi) is 3.86. The molecule has 1 aromatic heterocycles. The molecule has 0 spiro atoms. The molecule has 2 heterocycles. The maximum atomic E-state index is 12.7. The molecule has 1 saturated carbocycles. The molecule has 0 atom stereocenters. The second-order valence-corrected chi connectivity index (χ2v) is 7.10. The molecular formula is C22H18O6. The second kappa shape index (κ2) is 6.41. The van der Waals surface area contributed by atoms with Gasteiger partial charge in [0, 0.05) is 11.5 Å². The zero-order chi connectivity index (χ0) is 19.3. The van der Waals surface area contributed by atoms with Gasteiger partial charge >= 0.3 is 11.6 Å². The topological polar surface area (TPSA) is 75.0 Å². The van der Waals surface area contributed by atoms with Gasteiger partial charge in [-0.2, -0.15) is 0 Å². The Hall–Kier alpha value is -3.28. The molecule has 28 heavy (non-hydrogen) atoms. The van der Waals surface area contributed by atoms with Crippen LogP contribution in [0.1, 0.15) is 18.4 Å². The van der Waals surface area contributed by atoms with Gasteiger partial charge in [0.25, 0.3) is 0 Å². The first-order valence-corrected chi connectivity index (χ1v) is 9.29. The minimum Gasteiger partial charge on any atom is -0.486 e. The van der Waals surface area contributed by atoms with Crippen molar-refractivity contribution in [3.63, 3.8) is 0 Å². The molecule has 6 nitrogen and oxygen atoms in total. The monoisotopic (exact) mass is 378 g/mol. The number of carbonyl (C=O) groups is 1. The number of hydrogen-bond donors (Lipinski definition) is 0. The van der Waals surface area contributed by atoms with Gasteiger partial charge in [-0.25, -0.2) is 4.79 Å². The highest BCUT2D eigenvalue weighted by Crippen LogP contribution is 2.36. The smallest absolute Gasteiger partial charge is 0.344 e. The highest BCUT2D eigenvalue weighted by Gasteiger charge is 2.31. The van der Waals surface area contributed by atoms with Crippen molar-refractivity contribution in [2.75, 3.05) is 13.2 Å². The van der Waals surface area contributed by atoms with Crippen molar-refractivity contribution in [3.05, 3.63) is 52.4 Å². The summed E-state index contributed by atoms with van der Waals surface area (Å²) in [7, 11) is 0. The zero-order valence-corrected chi connectivity index (χ0v) is 15.3. The lowest BCUT2D eigenvalue weighted by atomic mass is 9.99. The highest BCUT2D eigenvalue weighted by molar-refractivity contribution is 5.88. The lowest BCUT2D eigenvalue weighted by Gasteiger charge is -2.19. The van der Waals surface area contributed by atoms with E-state index in [4.69, 9.17) is 18.6 Å². The predicted octanol–water partition coefficient (Wildman–Crippen LogP) is 3.86. The van der Waals surface area contributed by atoms with Crippen molar-refractivity contribution in [2.45, 2.75) is 19.8 Å². The summed E-state index contributed by atoms with van der Waals surface area (Å²) in [6, 6.07) is 10.6. The van der Waals surface area contributed by atoms with Crippen LogP contribution in [0.3, 0.4) is 0 Å². The quantitative estimate of drug-likeness (QED) is 0.391. The maximum absolute atomic E-state index is 12.7. The van der Waals surface area contributed by atoms with Crippen LogP contribution in [-0.4, -0.2) is 19.2 Å². The van der Waals surface area contributed by atoms with E-state index in [-0.39, 0.29) is 11.9 Å². The number of hydrogen-bond acceptors (Lipinski definition) is 6. The fourth-order valence-electron chi connectivity index (χ4n) is 3.45. The normalized spacial score (nSPS) is 15.5. The first-order valence-electron chi connectivity index (χ1n) is 9.29. The lowest BCUT2D eigenvalue weighted by Crippen LogP contribution is -2.15. The third kappa shape index (κ3) is 2.91. The van der Waals surface area contributed by atoms with Gasteiger partial charge < -0.3 is 18.6 Å². The summed E-state index contributed by atoms with van der Waals surface area (Å²) < 4.78 is 22.1. The number of carbonyl (C=O) groups excluding carboxylic acids is 1. The number of ether oxygens (including phenoxy) is 3. The Labute approximate surface area is 160 Å². The molecule has 1 aliphatic carbocycles. The molecule has 3 aromatic rings. The minimum atomic E-state index is -0.452. The van der Waals surface area contributed by atoms with Crippen molar-refractivity contribution in [3.8, 4) is 28.4 Å². The van der Waals surface area contributed by atoms with Crippen LogP contribution >= 0.6 is 0 Å². The molecule has 0 amide bonds. The fraction of sp³-hybridized carbons (Fsp3) is 0.273. The summed E-state index contributed by atoms with van der Waals surface area (Å²) in [5.74, 6) is 1.44. The standard InChI is InChI=1S/C22H18O6/c1-12-16-6-5-15(27-21(23)13-2-3-13)11-18(16)28-22(24)20(12)14-4-7-17-19(10-14)26-9-8-25-17/h4-7,10-11,13H,2-3,8-9H2,1H3. The third-order valence-corrected chi connectivity index (χ3v) is 5.10. The number of fused-ring (bicyclic) bond motifs is 2. The summed E-state index contributed by atoms with van der Waals surface area (Å²) in [5, 5.41) is 0.788. The van der Waals surface area contributed by atoms with Crippen LogP contribution in [0.15, 0.2) is 45.6 Å².